The Morgan fingerprint density at radius 2 is 2.00 bits per heavy atom. The van der Waals surface area contributed by atoms with Crippen LogP contribution in [0.25, 0.3) is 0 Å². The molecule has 0 fully saturated rings. The van der Waals surface area contributed by atoms with Gasteiger partial charge < -0.3 is 15.7 Å². The van der Waals surface area contributed by atoms with E-state index in [1.165, 1.54) is 11.3 Å². The fourth-order valence-corrected chi connectivity index (χ4v) is 2.48. The molecule has 0 atom stereocenters. The molecule has 0 aromatic carbocycles. The number of anilines is 1. The quantitative estimate of drug-likeness (QED) is 0.673. The van der Waals surface area contributed by atoms with Crippen molar-refractivity contribution >= 4 is 34.1 Å². The molecular formula is C14H20N2O4S. The minimum absolute atomic E-state index is 0.0138. The molecule has 1 aromatic heterocycles. The van der Waals surface area contributed by atoms with E-state index >= 15 is 0 Å². The van der Waals surface area contributed by atoms with Crippen LogP contribution in [0.5, 0.6) is 0 Å². The third-order valence-corrected chi connectivity index (χ3v) is 3.68. The molecule has 0 spiro atoms. The summed E-state index contributed by atoms with van der Waals surface area (Å²) in [4.78, 5) is 35.1. The number of thiophene rings is 1. The minimum atomic E-state index is -0.888. The summed E-state index contributed by atoms with van der Waals surface area (Å²) in [5.41, 5.74) is 0.418. The van der Waals surface area contributed by atoms with Crippen LogP contribution in [0.1, 0.15) is 41.9 Å². The SMILES string of the molecule is Cc1cc(C(=O)NCCCC(=O)O)c(NC(=O)C(C)C)s1. The Morgan fingerprint density at radius 3 is 2.57 bits per heavy atom. The van der Waals surface area contributed by atoms with E-state index in [1.807, 2.05) is 6.92 Å². The van der Waals surface area contributed by atoms with Gasteiger partial charge in [0.05, 0.1) is 5.56 Å². The summed E-state index contributed by atoms with van der Waals surface area (Å²) in [7, 11) is 0. The fourth-order valence-electron chi connectivity index (χ4n) is 1.57. The lowest BCUT2D eigenvalue weighted by atomic mass is 10.2. The predicted octanol–water partition coefficient (Wildman–Crippen LogP) is 2.25. The van der Waals surface area contributed by atoms with Crippen molar-refractivity contribution in [2.75, 3.05) is 11.9 Å². The molecule has 0 aliphatic rings. The van der Waals surface area contributed by atoms with E-state index in [4.69, 9.17) is 5.11 Å². The molecule has 0 radical (unpaired) electrons. The number of carbonyl (C=O) groups excluding carboxylic acids is 2. The molecule has 0 aliphatic heterocycles. The molecule has 7 heteroatoms. The lowest BCUT2D eigenvalue weighted by molar-refractivity contribution is -0.137. The van der Waals surface area contributed by atoms with Gasteiger partial charge in [-0.15, -0.1) is 11.3 Å². The molecule has 116 valence electrons. The molecule has 0 aliphatic carbocycles. The number of carboxylic acid groups (broad SMARTS) is 1. The second-order valence-corrected chi connectivity index (χ2v) is 6.25. The Labute approximate surface area is 127 Å². The van der Waals surface area contributed by atoms with Gasteiger partial charge in [0.2, 0.25) is 5.91 Å². The molecule has 2 amide bonds. The number of aryl methyl sites for hydroxylation is 1. The number of carboxylic acids is 1. The number of hydrogen-bond donors (Lipinski definition) is 3. The standard InChI is InChI=1S/C14H20N2O4S/c1-8(2)12(19)16-14-10(7-9(3)21-14)13(20)15-6-4-5-11(17)18/h7-8H,4-6H2,1-3H3,(H,15,20)(H,16,19)(H,17,18). The van der Waals surface area contributed by atoms with Crippen molar-refractivity contribution in [1.82, 2.24) is 5.32 Å². The molecule has 0 saturated carbocycles. The first kappa shape index (κ1) is 17.2. The van der Waals surface area contributed by atoms with Crippen molar-refractivity contribution in [2.24, 2.45) is 5.92 Å². The third-order valence-electron chi connectivity index (χ3n) is 2.71. The van der Waals surface area contributed by atoms with Crippen LogP contribution < -0.4 is 10.6 Å². The molecule has 0 saturated heterocycles. The van der Waals surface area contributed by atoms with Gasteiger partial charge in [0, 0.05) is 23.8 Å². The second kappa shape index (κ2) is 7.78. The van der Waals surface area contributed by atoms with Crippen LogP contribution in [-0.4, -0.2) is 29.4 Å². The fraction of sp³-hybridized carbons (Fsp3) is 0.500. The van der Waals surface area contributed by atoms with E-state index in [-0.39, 0.29) is 30.7 Å². The summed E-state index contributed by atoms with van der Waals surface area (Å²) in [6.07, 6.45) is 0.387. The largest absolute Gasteiger partial charge is 0.481 e. The van der Waals surface area contributed by atoms with Crippen LogP contribution >= 0.6 is 11.3 Å². The number of hydrogen-bond acceptors (Lipinski definition) is 4. The lowest BCUT2D eigenvalue weighted by Crippen LogP contribution is -2.26. The minimum Gasteiger partial charge on any atom is -0.481 e. The van der Waals surface area contributed by atoms with Crippen molar-refractivity contribution in [1.29, 1.82) is 0 Å². The van der Waals surface area contributed by atoms with Gasteiger partial charge in [0.25, 0.3) is 5.91 Å². The summed E-state index contributed by atoms with van der Waals surface area (Å²) in [6, 6.07) is 1.72. The maximum Gasteiger partial charge on any atom is 0.303 e. The number of carbonyl (C=O) groups is 3. The van der Waals surface area contributed by atoms with E-state index in [9.17, 15) is 14.4 Å². The predicted molar refractivity (Wildman–Crippen MR) is 81.7 cm³/mol. The molecule has 3 N–H and O–H groups in total. The van der Waals surface area contributed by atoms with Crippen LogP contribution in [-0.2, 0) is 9.59 Å². The Morgan fingerprint density at radius 1 is 1.33 bits per heavy atom. The van der Waals surface area contributed by atoms with E-state index in [0.717, 1.165) is 4.88 Å². The highest BCUT2D eigenvalue weighted by Crippen LogP contribution is 2.28. The molecule has 0 bridgehead atoms. The summed E-state index contributed by atoms with van der Waals surface area (Å²) < 4.78 is 0. The number of amides is 2. The smallest absolute Gasteiger partial charge is 0.303 e. The first-order chi connectivity index (χ1) is 9.81. The Bertz CT molecular complexity index is 537. The summed E-state index contributed by atoms with van der Waals surface area (Å²) in [5.74, 6) is -1.50. The highest BCUT2D eigenvalue weighted by molar-refractivity contribution is 7.16. The van der Waals surface area contributed by atoms with Crippen LogP contribution in [0.3, 0.4) is 0 Å². The van der Waals surface area contributed by atoms with Crippen LogP contribution in [0.15, 0.2) is 6.07 Å². The van der Waals surface area contributed by atoms with Gasteiger partial charge in [-0.3, -0.25) is 14.4 Å². The summed E-state index contributed by atoms with van der Waals surface area (Å²) >= 11 is 1.35. The maximum absolute atomic E-state index is 12.1. The van der Waals surface area contributed by atoms with Crippen molar-refractivity contribution in [3.63, 3.8) is 0 Å². The highest BCUT2D eigenvalue weighted by atomic mass is 32.1. The summed E-state index contributed by atoms with van der Waals surface area (Å²) in [5, 5.41) is 14.5. The van der Waals surface area contributed by atoms with Crippen LogP contribution in [0.2, 0.25) is 0 Å². The first-order valence-corrected chi connectivity index (χ1v) is 7.54. The van der Waals surface area contributed by atoms with Gasteiger partial charge in [-0.05, 0) is 19.4 Å². The number of nitrogens with one attached hydrogen (secondary N) is 2. The zero-order valence-electron chi connectivity index (χ0n) is 12.4. The van der Waals surface area contributed by atoms with Gasteiger partial charge in [-0.25, -0.2) is 0 Å². The number of rotatable bonds is 7. The van der Waals surface area contributed by atoms with Gasteiger partial charge in [0.1, 0.15) is 5.00 Å². The monoisotopic (exact) mass is 312 g/mol. The highest BCUT2D eigenvalue weighted by Gasteiger charge is 2.17. The molecule has 1 rings (SSSR count). The maximum atomic E-state index is 12.1. The van der Waals surface area contributed by atoms with Crippen molar-refractivity contribution in [2.45, 2.75) is 33.6 Å². The number of aliphatic carboxylic acids is 1. The van der Waals surface area contributed by atoms with Gasteiger partial charge >= 0.3 is 5.97 Å². The molecule has 1 aromatic rings. The molecule has 6 nitrogen and oxygen atoms in total. The van der Waals surface area contributed by atoms with Gasteiger partial charge in [0.15, 0.2) is 0 Å². The van der Waals surface area contributed by atoms with Crippen molar-refractivity contribution in [3.8, 4) is 0 Å². The zero-order valence-corrected chi connectivity index (χ0v) is 13.2. The van der Waals surface area contributed by atoms with Crippen LogP contribution in [0.4, 0.5) is 5.00 Å². The van der Waals surface area contributed by atoms with Gasteiger partial charge in [-0.1, -0.05) is 13.8 Å². The lowest BCUT2D eigenvalue weighted by Gasteiger charge is -2.08. The van der Waals surface area contributed by atoms with Gasteiger partial charge in [-0.2, -0.15) is 0 Å². The summed E-state index contributed by atoms with van der Waals surface area (Å²) in [6.45, 7) is 5.71. The Hall–Kier alpha value is -1.89. The normalized spacial score (nSPS) is 10.5. The van der Waals surface area contributed by atoms with Crippen LogP contribution in [0, 0.1) is 12.8 Å². The van der Waals surface area contributed by atoms with Crippen molar-refractivity contribution < 1.29 is 19.5 Å². The molecular weight excluding hydrogens is 292 g/mol. The average molecular weight is 312 g/mol. The van der Waals surface area contributed by atoms with E-state index in [0.29, 0.717) is 17.0 Å². The van der Waals surface area contributed by atoms with E-state index in [1.54, 1.807) is 19.9 Å². The van der Waals surface area contributed by atoms with E-state index in [2.05, 4.69) is 10.6 Å². The average Bonchev–Trinajstić information content (AvgIpc) is 2.75. The molecule has 1 heterocycles. The first-order valence-electron chi connectivity index (χ1n) is 6.72. The molecule has 0 unspecified atom stereocenters. The zero-order chi connectivity index (χ0) is 16.0. The van der Waals surface area contributed by atoms with Crippen molar-refractivity contribution in [3.05, 3.63) is 16.5 Å². The Kier molecular flexibility index (Phi) is 6.36. The molecule has 21 heavy (non-hydrogen) atoms. The Balaban J connectivity index is 2.66. The van der Waals surface area contributed by atoms with E-state index < -0.39 is 5.97 Å². The topological polar surface area (TPSA) is 95.5 Å². The second-order valence-electron chi connectivity index (χ2n) is 5.00. The third kappa shape index (κ3) is 5.55.